The van der Waals surface area contributed by atoms with Crippen LogP contribution in [0.3, 0.4) is 0 Å². The first-order valence-electron chi connectivity index (χ1n) is 11.7. The molecule has 1 heterocycles. The van der Waals surface area contributed by atoms with Gasteiger partial charge >= 0.3 is 5.97 Å². The summed E-state index contributed by atoms with van der Waals surface area (Å²) in [5.41, 5.74) is 0. The number of fused-ring (bicyclic) bond motifs is 1. The average molecular weight is 501 g/mol. The van der Waals surface area contributed by atoms with Gasteiger partial charge in [0, 0.05) is 29.3 Å². The van der Waals surface area contributed by atoms with E-state index < -0.39 is 30.1 Å². The highest BCUT2D eigenvalue weighted by Gasteiger charge is 2.43. The molecule has 1 aromatic carbocycles. The standard InChI is InChI=1S/C25H34ClFO7/c1-14(2)24(25(30)31)34-12-15-3-6-19-18(21(29)10-22(19)32-11-15)7-5-17(28)13-33-23-9-16(26)4-8-20(23)27/h4-5,7-9,14-15,17-19,21-22,24,28-29H,3,6,10-13H2,1-2H3,(H,30,31)/b7-5+/t15-,17-,18-,19-,21-,22+,24?/m1/s1. The molecule has 1 saturated heterocycles. The third-order valence-electron chi connectivity index (χ3n) is 6.56. The summed E-state index contributed by atoms with van der Waals surface area (Å²) in [6.07, 6.45) is 2.91. The van der Waals surface area contributed by atoms with Crippen LogP contribution in [0.15, 0.2) is 30.4 Å². The summed E-state index contributed by atoms with van der Waals surface area (Å²) in [6, 6.07) is 3.96. The van der Waals surface area contributed by atoms with Gasteiger partial charge < -0.3 is 29.5 Å². The maximum Gasteiger partial charge on any atom is 0.333 e. The number of aliphatic hydroxyl groups is 2. The Balaban J connectivity index is 1.52. The fraction of sp³-hybridized carbons (Fsp3) is 0.640. The number of halogens is 2. The third-order valence-corrected chi connectivity index (χ3v) is 6.80. The van der Waals surface area contributed by atoms with E-state index in [1.165, 1.54) is 18.2 Å². The molecule has 3 N–H and O–H groups in total. The Morgan fingerprint density at radius 3 is 2.82 bits per heavy atom. The highest BCUT2D eigenvalue weighted by molar-refractivity contribution is 6.30. The van der Waals surface area contributed by atoms with Crippen LogP contribution in [0.1, 0.15) is 33.1 Å². The molecule has 9 heteroatoms. The molecule has 0 spiro atoms. The number of aliphatic carboxylic acids is 1. The molecule has 7 atom stereocenters. The Labute approximate surface area is 204 Å². The molecule has 0 bridgehead atoms. The van der Waals surface area contributed by atoms with Gasteiger partial charge in [0.1, 0.15) is 12.7 Å². The van der Waals surface area contributed by atoms with E-state index in [2.05, 4.69) is 0 Å². The fourth-order valence-corrected chi connectivity index (χ4v) is 4.87. The Kier molecular flexibility index (Phi) is 9.74. The van der Waals surface area contributed by atoms with Crippen molar-refractivity contribution in [1.82, 2.24) is 0 Å². The minimum absolute atomic E-state index is 0.0334. The zero-order chi connectivity index (χ0) is 24.8. The van der Waals surface area contributed by atoms with E-state index >= 15 is 0 Å². The molecule has 3 rings (SSSR count). The summed E-state index contributed by atoms with van der Waals surface area (Å²) in [5, 5.41) is 30.5. The predicted molar refractivity (Wildman–Crippen MR) is 124 cm³/mol. The SMILES string of the molecule is CC(C)C(OC[C@@H]1CC[C@@H]2[C@@H](/C=C/[C@@H](O)COc3cc(Cl)ccc3F)[C@H](O)C[C@@H]2OC1)C(=O)O. The van der Waals surface area contributed by atoms with Crippen LogP contribution in [0.4, 0.5) is 4.39 Å². The number of rotatable bonds is 10. The Hall–Kier alpha value is -1.71. The van der Waals surface area contributed by atoms with Crippen LogP contribution in [0.25, 0.3) is 0 Å². The van der Waals surface area contributed by atoms with Crippen molar-refractivity contribution in [1.29, 1.82) is 0 Å². The first-order chi connectivity index (χ1) is 16.2. The van der Waals surface area contributed by atoms with E-state index in [9.17, 15) is 24.5 Å². The molecule has 1 aliphatic carbocycles. The van der Waals surface area contributed by atoms with Crippen LogP contribution in [0.5, 0.6) is 5.75 Å². The number of benzene rings is 1. The van der Waals surface area contributed by atoms with Gasteiger partial charge in [0.2, 0.25) is 0 Å². The van der Waals surface area contributed by atoms with Crippen LogP contribution in [-0.4, -0.2) is 65.5 Å². The van der Waals surface area contributed by atoms with E-state index in [1.807, 2.05) is 13.8 Å². The van der Waals surface area contributed by atoms with Gasteiger partial charge in [-0.15, -0.1) is 0 Å². The lowest BCUT2D eigenvalue weighted by atomic mass is 9.87. The summed E-state index contributed by atoms with van der Waals surface area (Å²) in [7, 11) is 0. The minimum atomic E-state index is -0.985. The second-order valence-electron chi connectivity index (χ2n) is 9.53. The molecular weight excluding hydrogens is 467 g/mol. The van der Waals surface area contributed by atoms with Crippen molar-refractivity contribution in [3.05, 3.63) is 41.2 Å². The van der Waals surface area contributed by atoms with E-state index in [4.69, 9.17) is 25.8 Å². The summed E-state index contributed by atoms with van der Waals surface area (Å²) < 4.78 is 30.8. The van der Waals surface area contributed by atoms with Crippen LogP contribution in [-0.2, 0) is 14.3 Å². The first kappa shape index (κ1) is 26.9. The number of carboxylic acids is 1. The van der Waals surface area contributed by atoms with Gasteiger partial charge in [0.05, 0.1) is 25.4 Å². The Morgan fingerprint density at radius 1 is 1.35 bits per heavy atom. The second kappa shape index (κ2) is 12.3. The predicted octanol–water partition coefficient (Wildman–Crippen LogP) is 3.69. The number of carboxylic acid groups (broad SMARTS) is 1. The molecule has 1 unspecified atom stereocenters. The molecule has 1 aliphatic heterocycles. The summed E-state index contributed by atoms with van der Waals surface area (Å²) in [5.74, 6) is -1.71. The molecule has 2 aliphatic rings. The van der Waals surface area contributed by atoms with Crippen molar-refractivity contribution < 1.29 is 38.7 Å². The molecule has 34 heavy (non-hydrogen) atoms. The first-order valence-corrected chi connectivity index (χ1v) is 12.1. The highest BCUT2D eigenvalue weighted by atomic mass is 35.5. The number of hydrogen-bond donors (Lipinski definition) is 3. The van der Waals surface area contributed by atoms with Gasteiger partial charge in [0.25, 0.3) is 0 Å². The molecular formula is C25H34ClFO7. The van der Waals surface area contributed by atoms with Crippen molar-refractivity contribution in [2.75, 3.05) is 19.8 Å². The van der Waals surface area contributed by atoms with Crippen molar-refractivity contribution in [3.63, 3.8) is 0 Å². The zero-order valence-corrected chi connectivity index (χ0v) is 20.2. The number of aliphatic hydroxyl groups excluding tert-OH is 2. The molecule has 2 fully saturated rings. The van der Waals surface area contributed by atoms with Crippen molar-refractivity contribution >= 4 is 17.6 Å². The lowest BCUT2D eigenvalue weighted by Gasteiger charge is -2.22. The van der Waals surface area contributed by atoms with Gasteiger partial charge in [-0.05, 0) is 36.8 Å². The van der Waals surface area contributed by atoms with E-state index in [0.717, 1.165) is 12.8 Å². The lowest BCUT2D eigenvalue weighted by molar-refractivity contribution is -0.155. The van der Waals surface area contributed by atoms with Gasteiger partial charge in [-0.2, -0.15) is 0 Å². The number of carbonyl (C=O) groups is 1. The lowest BCUT2D eigenvalue weighted by Crippen LogP contribution is -2.32. The summed E-state index contributed by atoms with van der Waals surface area (Å²) in [6.45, 7) is 4.25. The van der Waals surface area contributed by atoms with Crippen molar-refractivity contribution in [2.45, 2.75) is 57.5 Å². The van der Waals surface area contributed by atoms with Crippen LogP contribution < -0.4 is 4.74 Å². The summed E-state index contributed by atoms with van der Waals surface area (Å²) >= 11 is 5.85. The molecule has 1 aromatic rings. The normalized spacial score (nSPS) is 29.1. The van der Waals surface area contributed by atoms with Crippen LogP contribution >= 0.6 is 11.6 Å². The van der Waals surface area contributed by atoms with Crippen LogP contribution in [0.2, 0.25) is 5.02 Å². The summed E-state index contributed by atoms with van der Waals surface area (Å²) in [4.78, 5) is 11.4. The number of hydrogen-bond acceptors (Lipinski definition) is 6. The topological polar surface area (TPSA) is 105 Å². The second-order valence-corrected chi connectivity index (χ2v) is 9.97. The van der Waals surface area contributed by atoms with Crippen LogP contribution in [0, 0.1) is 29.5 Å². The van der Waals surface area contributed by atoms with E-state index in [0.29, 0.717) is 24.7 Å². The fourth-order valence-electron chi connectivity index (χ4n) is 4.71. The molecule has 7 nitrogen and oxygen atoms in total. The third kappa shape index (κ3) is 7.15. The van der Waals surface area contributed by atoms with E-state index in [-0.39, 0.29) is 42.1 Å². The van der Waals surface area contributed by atoms with E-state index in [1.54, 1.807) is 12.2 Å². The van der Waals surface area contributed by atoms with Crippen molar-refractivity contribution in [2.24, 2.45) is 23.7 Å². The Morgan fingerprint density at radius 2 is 2.12 bits per heavy atom. The molecule has 1 saturated carbocycles. The molecule has 0 aromatic heterocycles. The maximum atomic E-state index is 13.8. The quantitative estimate of drug-likeness (QED) is 0.421. The molecule has 0 radical (unpaired) electrons. The monoisotopic (exact) mass is 500 g/mol. The zero-order valence-electron chi connectivity index (χ0n) is 19.5. The average Bonchev–Trinajstić information content (AvgIpc) is 2.93. The van der Waals surface area contributed by atoms with Gasteiger partial charge in [0.15, 0.2) is 17.7 Å². The molecule has 0 amide bonds. The molecule has 190 valence electrons. The maximum absolute atomic E-state index is 13.8. The van der Waals surface area contributed by atoms with Gasteiger partial charge in [-0.25, -0.2) is 9.18 Å². The minimum Gasteiger partial charge on any atom is -0.487 e. The van der Waals surface area contributed by atoms with Gasteiger partial charge in [-0.3, -0.25) is 0 Å². The number of ether oxygens (including phenoxy) is 3. The Bertz CT molecular complexity index is 849. The smallest absolute Gasteiger partial charge is 0.333 e. The van der Waals surface area contributed by atoms with Crippen molar-refractivity contribution in [3.8, 4) is 5.75 Å². The largest absolute Gasteiger partial charge is 0.487 e. The van der Waals surface area contributed by atoms with Gasteiger partial charge in [-0.1, -0.05) is 37.6 Å². The highest BCUT2D eigenvalue weighted by Crippen LogP contribution is 2.41.